The zero-order valence-electron chi connectivity index (χ0n) is 20.3. The van der Waals surface area contributed by atoms with Crippen LogP contribution in [0.15, 0.2) is 71.7 Å². The van der Waals surface area contributed by atoms with Gasteiger partial charge in [-0.2, -0.15) is 0 Å². The van der Waals surface area contributed by atoms with Gasteiger partial charge in [0.15, 0.2) is 6.71 Å². The second-order valence-corrected chi connectivity index (χ2v) is 10.7. The fourth-order valence-electron chi connectivity index (χ4n) is 6.94. The first-order valence-corrected chi connectivity index (χ1v) is 13.9. The largest absolute Gasteiger partial charge is 0.491 e. The van der Waals surface area contributed by atoms with Gasteiger partial charge in [0, 0.05) is 5.47 Å². The van der Waals surface area contributed by atoms with E-state index in [1.54, 1.807) is 0 Å². The zero-order chi connectivity index (χ0) is 22.3. The first kappa shape index (κ1) is 22.9. The summed E-state index contributed by atoms with van der Waals surface area (Å²) in [7, 11) is 0. The molecule has 2 heterocycles. The van der Waals surface area contributed by atoms with Crippen LogP contribution in [-0.2, 0) is 9.47 Å². The highest BCUT2D eigenvalue weighted by atomic mass is 16.5. The second-order valence-electron chi connectivity index (χ2n) is 10.7. The number of fused-ring (bicyclic) bond motifs is 4. The SMILES string of the molecule is C1=C/C=C\C=C2\OC3CCCCCCCC3B3C2=C(/C=C\C=C1)OC1CCCCCCCC31. The standard InChI is InChI=1S/C30H41BO2/c1-2-8-16-22-28-30-29(23-17-9-3-1)33-27-21-15-11-5-7-13-19-25(27)31(30)24-18-12-6-4-10-14-20-26(24)32-28/h1-3,8-9,16-17,22-27H,4-7,10-15,18-21H2/b2-1?,3-1?,8-2?,9-3?,16-8-,17-9?,22-16?,23-17-,28-22+,29-23?. The van der Waals surface area contributed by atoms with E-state index in [4.69, 9.17) is 9.47 Å². The monoisotopic (exact) mass is 444 g/mol. The molecule has 4 atom stereocenters. The van der Waals surface area contributed by atoms with Crippen molar-refractivity contribution >= 4 is 6.71 Å². The molecule has 3 heteroatoms. The van der Waals surface area contributed by atoms with Crippen molar-refractivity contribution in [3.8, 4) is 0 Å². The van der Waals surface area contributed by atoms with E-state index in [0.717, 1.165) is 11.5 Å². The molecule has 5 aliphatic rings. The lowest BCUT2D eigenvalue weighted by atomic mass is 9.25. The molecule has 0 aromatic rings. The molecule has 4 unspecified atom stereocenters. The fraction of sp³-hybridized carbons (Fsp3) is 0.600. The summed E-state index contributed by atoms with van der Waals surface area (Å²) < 4.78 is 13.8. The third-order valence-corrected chi connectivity index (χ3v) is 8.51. The summed E-state index contributed by atoms with van der Waals surface area (Å²) in [5.74, 6) is 3.41. The minimum Gasteiger partial charge on any atom is -0.491 e. The Hall–Kier alpha value is -1.90. The molecule has 2 saturated carbocycles. The molecule has 33 heavy (non-hydrogen) atoms. The lowest BCUT2D eigenvalue weighted by Gasteiger charge is -2.48. The van der Waals surface area contributed by atoms with Gasteiger partial charge < -0.3 is 9.47 Å². The molecule has 0 radical (unpaired) electrons. The van der Waals surface area contributed by atoms with E-state index in [9.17, 15) is 0 Å². The average molecular weight is 444 g/mol. The minimum absolute atomic E-state index is 0.358. The Morgan fingerprint density at radius 3 is 1.73 bits per heavy atom. The van der Waals surface area contributed by atoms with Crippen molar-refractivity contribution in [2.45, 2.75) is 114 Å². The molecule has 0 spiro atoms. The fourth-order valence-corrected chi connectivity index (χ4v) is 6.94. The molecule has 0 N–H and O–H groups in total. The van der Waals surface area contributed by atoms with E-state index in [1.807, 2.05) is 0 Å². The second kappa shape index (κ2) is 11.5. The van der Waals surface area contributed by atoms with Gasteiger partial charge in [0.25, 0.3) is 0 Å². The third kappa shape index (κ3) is 5.44. The maximum Gasteiger partial charge on any atom is 0.199 e. The average Bonchev–Trinajstić information content (AvgIpc) is 3.01. The summed E-state index contributed by atoms with van der Waals surface area (Å²) in [5, 5.41) is 0. The topological polar surface area (TPSA) is 18.5 Å². The summed E-state index contributed by atoms with van der Waals surface area (Å²) in [6, 6.07) is 0. The molecular formula is C30H41BO2. The van der Waals surface area contributed by atoms with Crippen LogP contribution in [0.2, 0.25) is 11.6 Å². The van der Waals surface area contributed by atoms with Gasteiger partial charge in [-0.05, 0) is 49.5 Å². The van der Waals surface area contributed by atoms with Crippen LogP contribution in [-0.4, -0.2) is 18.9 Å². The highest BCUT2D eigenvalue weighted by Gasteiger charge is 2.52. The zero-order valence-corrected chi connectivity index (χ0v) is 20.3. The van der Waals surface area contributed by atoms with Crippen LogP contribution in [0, 0.1) is 0 Å². The number of ether oxygens (including phenoxy) is 2. The van der Waals surface area contributed by atoms with Crippen molar-refractivity contribution in [1.29, 1.82) is 0 Å². The molecule has 3 aliphatic carbocycles. The Kier molecular flexibility index (Phi) is 7.97. The van der Waals surface area contributed by atoms with E-state index in [2.05, 4.69) is 54.7 Å². The van der Waals surface area contributed by atoms with Crippen molar-refractivity contribution in [2.24, 2.45) is 0 Å². The van der Waals surface area contributed by atoms with Crippen molar-refractivity contribution in [3.05, 3.63) is 71.7 Å². The van der Waals surface area contributed by atoms with Crippen molar-refractivity contribution in [1.82, 2.24) is 0 Å². The maximum absolute atomic E-state index is 6.88. The summed E-state index contributed by atoms with van der Waals surface area (Å²) in [4.78, 5) is 0. The Bertz CT molecular complexity index is 841. The van der Waals surface area contributed by atoms with Gasteiger partial charge in [0.05, 0.1) is 12.2 Å². The number of rotatable bonds is 0. The number of hydrogen-bond donors (Lipinski definition) is 0. The molecule has 5 rings (SSSR count). The molecule has 3 fully saturated rings. The van der Waals surface area contributed by atoms with Crippen LogP contribution in [0.1, 0.15) is 89.9 Å². The van der Waals surface area contributed by atoms with Crippen LogP contribution in [0.4, 0.5) is 0 Å². The lowest BCUT2D eigenvalue weighted by molar-refractivity contribution is 0.0660. The summed E-state index contributed by atoms with van der Waals surface area (Å²) in [6.07, 6.45) is 38.6. The predicted molar refractivity (Wildman–Crippen MR) is 139 cm³/mol. The van der Waals surface area contributed by atoms with Crippen LogP contribution in [0.25, 0.3) is 0 Å². The van der Waals surface area contributed by atoms with Crippen LogP contribution in [0.5, 0.6) is 0 Å². The summed E-state index contributed by atoms with van der Waals surface area (Å²) in [6.45, 7) is 0.570. The van der Waals surface area contributed by atoms with Crippen molar-refractivity contribution < 1.29 is 9.47 Å². The molecule has 176 valence electrons. The van der Waals surface area contributed by atoms with Gasteiger partial charge in [-0.15, -0.1) is 0 Å². The Morgan fingerprint density at radius 2 is 1.06 bits per heavy atom. The van der Waals surface area contributed by atoms with Crippen molar-refractivity contribution in [3.63, 3.8) is 0 Å². The Labute approximate surface area is 201 Å². The molecule has 0 aromatic carbocycles. The van der Waals surface area contributed by atoms with E-state index < -0.39 is 0 Å². The smallest absolute Gasteiger partial charge is 0.199 e. The van der Waals surface area contributed by atoms with E-state index in [1.165, 1.54) is 95.4 Å². The van der Waals surface area contributed by atoms with Gasteiger partial charge in [-0.3, -0.25) is 0 Å². The maximum atomic E-state index is 6.88. The quantitative estimate of drug-likeness (QED) is 0.349. The molecule has 1 saturated heterocycles. The summed E-state index contributed by atoms with van der Waals surface area (Å²) in [5.41, 5.74) is 1.37. The van der Waals surface area contributed by atoms with E-state index in [-0.39, 0.29) is 0 Å². The van der Waals surface area contributed by atoms with Crippen molar-refractivity contribution in [2.75, 3.05) is 0 Å². The first-order chi connectivity index (χ1) is 16.4. The highest BCUT2D eigenvalue weighted by molar-refractivity contribution is 6.71. The Balaban J connectivity index is 1.61. The predicted octanol–water partition coefficient (Wildman–Crippen LogP) is 8.42. The lowest BCUT2D eigenvalue weighted by Crippen LogP contribution is -2.49. The van der Waals surface area contributed by atoms with Crippen LogP contribution >= 0.6 is 0 Å². The third-order valence-electron chi connectivity index (χ3n) is 8.51. The van der Waals surface area contributed by atoms with Gasteiger partial charge in [-0.1, -0.05) is 107 Å². The number of hydrogen-bond acceptors (Lipinski definition) is 2. The molecular weight excluding hydrogens is 403 g/mol. The molecule has 2 aliphatic heterocycles. The molecule has 2 nitrogen and oxygen atoms in total. The first-order valence-electron chi connectivity index (χ1n) is 13.9. The normalized spacial score (nSPS) is 36.5. The van der Waals surface area contributed by atoms with Crippen LogP contribution in [0.3, 0.4) is 0 Å². The number of allylic oxidation sites excluding steroid dienone is 10. The molecule has 0 bridgehead atoms. The minimum atomic E-state index is 0.358. The van der Waals surface area contributed by atoms with E-state index >= 15 is 0 Å². The Morgan fingerprint density at radius 1 is 0.545 bits per heavy atom. The van der Waals surface area contributed by atoms with Gasteiger partial charge in [0.2, 0.25) is 0 Å². The highest BCUT2D eigenvalue weighted by Crippen LogP contribution is 2.52. The summed E-state index contributed by atoms with van der Waals surface area (Å²) >= 11 is 0. The van der Waals surface area contributed by atoms with Crippen LogP contribution < -0.4 is 0 Å². The van der Waals surface area contributed by atoms with Gasteiger partial charge in [0.1, 0.15) is 11.5 Å². The van der Waals surface area contributed by atoms with Gasteiger partial charge in [-0.25, -0.2) is 0 Å². The van der Waals surface area contributed by atoms with E-state index in [0.29, 0.717) is 30.6 Å². The molecule has 0 aromatic heterocycles. The molecule has 0 amide bonds. The van der Waals surface area contributed by atoms with Gasteiger partial charge >= 0.3 is 0 Å².